The van der Waals surface area contributed by atoms with Gasteiger partial charge in [-0.15, -0.1) is 0 Å². The van der Waals surface area contributed by atoms with Gasteiger partial charge in [-0.3, -0.25) is 0 Å². The van der Waals surface area contributed by atoms with Gasteiger partial charge >= 0.3 is 0 Å². The lowest BCUT2D eigenvalue weighted by atomic mass is 10.0. The highest BCUT2D eigenvalue weighted by molar-refractivity contribution is 7.99. The average Bonchev–Trinajstić information content (AvgIpc) is 2.34. The van der Waals surface area contributed by atoms with E-state index in [1.165, 1.54) is 63.7 Å². The zero-order chi connectivity index (χ0) is 11.6. The number of thioether (sulfide) groups is 1. The van der Waals surface area contributed by atoms with Crippen LogP contribution in [0.1, 0.15) is 65.2 Å². The van der Waals surface area contributed by atoms with Crippen molar-refractivity contribution in [1.29, 1.82) is 0 Å². The molecule has 0 aliphatic heterocycles. The smallest absolute Gasteiger partial charge is 0.0158 e. The van der Waals surface area contributed by atoms with E-state index in [0.717, 1.165) is 11.3 Å². The molecular weight excluding hydrogens is 214 g/mol. The molecular formula is C14H29NS. The average molecular weight is 243 g/mol. The second-order valence-electron chi connectivity index (χ2n) is 5.03. The summed E-state index contributed by atoms with van der Waals surface area (Å²) in [4.78, 5) is 0. The largest absolute Gasteiger partial charge is 0.313 e. The van der Waals surface area contributed by atoms with Crippen molar-refractivity contribution < 1.29 is 0 Å². The Morgan fingerprint density at radius 2 is 1.88 bits per heavy atom. The minimum Gasteiger partial charge on any atom is -0.313 e. The van der Waals surface area contributed by atoms with Crippen molar-refractivity contribution in [3.8, 4) is 0 Å². The normalized spacial score (nSPS) is 19.9. The van der Waals surface area contributed by atoms with Crippen LogP contribution in [0.5, 0.6) is 0 Å². The Bertz CT molecular complexity index is 155. The molecule has 0 aromatic carbocycles. The third-order valence-corrected chi connectivity index (χ3v) is 4.94. The predicted molar refractivity (Wildman–Crippen MR) is 76.3 cm³/mol. The Kier molecular flexibility index (Phi) is 8.40. The summed E-state index contributed by atoms with van der Waals surface area (Å²) < 4.78 is 0. The van der Waals surface area contributed by atoms with Gasteiger partial charge in [0.2, 0.25) is 0 Å². The summed E-state index contributed by atoms with van der Waals surface area (Å²) in [5, 5.41) is 4.66. The van der Waals surface area contributed by atoms with Crippen molar-refractivity contribution in [2.75, 3.05) is 12.3 Å². The fraction of sp³-hybridized carbons (Fsp3) is 1.00. The van der Waals surface area contributed by atoms with Crippen LogP contribution in [-0.2, 0) is 0 Å². The van der Waals surface area contributed by atoms with Gasteiger partial charge in [-0.1, -0.05) is 39.5 Å². The molecule has 0 saturated heterocycles. The lowest BCUT2D eigenvalue weighted by molar-refractivity contribution is 0.502. The summed E-state index contributed by atoms with van der Waals surface area (Å²) in [6.07, 6.45) is 11.3. The fourth-order valence-electron chi connectivity index (χ4n) is 2.43. The molecule has 16 heavy (non-hydrogen) atoms. The highest BCUT2D eigenvalue weighted by Gasteiger charge is 2.15. The first-order valence-electron chi connectivity index (χ1n) is 7.21. The highest BCUT2D eigenvalue weighted by atomic mass is 32.2. The molecule has 2 heteroatoms. The van der Waals surface area contributed by atoms with Crippen molar-refractivity contribution in [2.24, 2.45) is 0 Å². The van der Waals surface area contributed by atoms with Crippen LogP contribution in [0.25, 0.3) is 0 Å². The number of hydrogen-bond acceptors (Lipinski definition) is 2. The first kappa shape index (κ1) is 14.4. The van der Waals surface area contributed by atoms with Gasteiger partial charge in [-0.2, -0.15) is 11.8 Å². The van der Waals surface area contributed by atoms with Crippen LogP contribution in [0.3, 0.4) is 0 Å². The van der Waals surface area contributed by atoms with Crippen LogP contribution in [0.15, 0.2) is 0 Å². The van der Waals surface area contributed by atoms with E-state index in [1.54, 1.807) is 0 Å². The van der Waals surface area contributed by atoms with Crippen molar-refractivity contribution in [1.82, 2.24) is 5.32 Å². The van der Waals surface area contributed by atoms with E-state index in [4.69, 9.17) is 0 Å². The van der Waals surface area contributed by atoms with Crippen molar-refractivity contribution in [2.45, 2.75) is 76.5 Å². The lowest BCUT2D eigenvalue weighted by Gasteiger charge is -2.24. The van der Waals surface area contributed by atoms with E-state index in [1.807, 2.05) is 0 Å². The summed E-state index contributed by atoms with van der Waals surface area (Å²) in [5.41, 5.74) is 0. The monoisotopic (exact) mass is 243 g/mol. The van der Waals surface area contributed by atoms with Gasteiger partial charge in [-0.05, 0) is 32.2 Å². The Labute approximate surface area is 106 Å². The maximum absolute atomic E-state index is 3.69. The molecule has 0 amide bonds. The summed E-state index contributed by atoms with van der Waals surface area (Å²) in [5.74, 6) is 1.33. The molecule has 0 radical (unpaired) electrons. The molecule has 0 heterocycles. The molecule has 1 N–H and O–H groups in total. The molecule has 0 bridgehead atoms. The van der Waals surface area contributed by atoms with E-state index in [-0.39, 0.29) is 0 Å². The minimum absolute atomic E-state index is 0.761. The van der Waals surface area contributed by atoms with E-state index < -0.39 is 0 Å². The first-order valence-corrected chi connectivity index (χ1v) is 8.26. The lowest BCUT2D eigenvalue weighted by Crippen LogP contribution is -2.32. The molecule has 1 aliphatic carbocycles. The molecule has 0 aromatic heterocycles. The Balaban J connectivity index is 2.14. The van der Waals surface area contributed by atoms with Crippen molar-refractivity contribution in [3.63, 3.8) is 0 Å². The number of nitrogens with one attached hydrogen (secondary N) is 1. The van der Waals surface area contributed by atoms with Crippen LogP contribution in [-0.4, -0.2) is 23.6 Å². The maximum atomic E-state index is 3.69. The standard InChI is InChI=1S/C14H29NS/c1-3-8-13(15-11-4-2)12-16-14-9-6-5-7-10-14/h13-15H,3-12H2,1-2H3. The summed E-state index contributed by atoms with van der Waals surface area (Å²) in [7, 11) is 0. The van der Waals surface area contributed by atoms with Gasteiger partial charge in [-0.25, -0.2) is 0 Å². The zero-order valence-electron chi connectivity index (χ0n) is 11.1. The van der Waals surface area contributed by atoms with Crippen LogP contribution in [0.2, 0.25) is 0 Å². The molecule has 1 unspecified atom stereocenters. The van der Waals surface area contributed by atoms with Crippen LogP contribution >= 0.6 is 11.8 Å². The quantitative estimate of drug-likeness (QED) is 0.685. The van der Waals surface area contributed by atoms with Gasteiger partial charge in [0.05, 0.1) is 0 Å². The fourth-order valence-corrected chi connectivity index (χ4v) is 3.88. The predicted octanol–water partition coefficient (Wildman–Crippen LogP) is 4.22. The second-order valence-corrected chi connectivity index (χ2v) is 6.37. The molecule has 1 aliphatic rings. The van der Waals surface area contributed by atoms with Crippen LogP contribution in [0.4, 0.5) is 0 Å². The Hall–Kier alpha value is 0.310. The third-order valence-electron chi connectivity index (χ3n) is 3.41. The summed E-state index contributed by atoms with van der Waals surface area (Å²) in [6.45, 7) is 5.74. The van der Waals surface area contributed by atoms with Gasteiger partial charge in [0.25, 0.3) is 0 Å². The van der Waals surface area contributed by atoms with Gasteiger partial charge < -0.3 is 5.32 Å². The SMILES string of the molecule is CCCNC(CCC)CSC1CCCCC1. The summed E-state index contributed by atoms with van der Waals surface area (Å²) >= 11 is 2.23. The third kappa shape index (κ3) is 6.15. The molecule has 1 rings (SSSR count). The van der Waals surface area contributed by atoms with E-state index in [0.29, 0.717) is 0 Å². The van der Waals surface area contributed by atoms with Crippen molar-refractivity contribution in [3.05, 3.63) is 0 Å². The minimum atomic E-state index is 0.761. The van der Waals surface area contributed by atoms with Crippen LogP contribution in [0, 0.1) is 0 Å². The van der Waals surface area contributed by atoms with Gasteiger partial charge in [0.15, 0.2) is 0 Å². The zero-order valence-corrected chi connectivity index (χ0v) is 12.0. The van der Waals surface area contributed by atoms with Gasteiger partial charge in [0.1, 0.15) is 0 Å². The van der Waals surface area contributed by atoms with Crippen LogP contribution < -0.4 is 5.32 Å². The molecule has 96 valence electrons. The number of hydrogen-bond donors (Lipinski definition) is 1. The molecule has 0 aromatic rings. The van der Waals surface area contributed by atoms with Gasteiger partial charge in [0, 0.05) is 17.0 Å². The molecule has 1 atom stereocenters. The first-order chi connectivity index (χ1) is 7.86. The van der Waals surface area contributed by atoms with E-state index >= 15 is 0 Å². The van der Waals surface area contributed by atoms with E-state index in [9.17, 15) is 0 Å². The van der Waals surface area contributed by atoms with E-state index in [2.05, 4.69) is 30.9 Å². The highest BCUT2D eigenvalue weighted by Crippen LogP contribution is 2.28. The number of rotatable bonds is 8. The molecule has 1 nitrogen and oxygen atoms in total. The second kappa shape index (κ2) is 9.35. The Morgan fingerprint density at radius 1 is 1.12 bits per heavy atom. The topological polar surface area (TPSA) is 12.0 Å². The molecule has 1 fully saturated rings. The van der Waals surface area contributed by atoms with Crippen molar-refractivity contribution >= 4 is 11.8 Å². The summed E-state index contributed by atoms with van der Waals surface area (Å²) in [6, 6.07) is 0.761. The maximum Gasteiger partial charge on any atom is 0.0158 e. The Morgan fingerprint density at radius 3 is 2.50 bits per heavy atom. The molecule has 0 spiro atoms. The molecule has 1 saturated carbocycles.